The van der Waals surface area contributed by atoms with Gasteiger partial charge in [-0.25, -0.2) is 4.39 Å². The highest BCUT2D eigenvalue weighted by atomic mass is 19.1. The predicted octanol–water partition coefficient (Wildman–Crippen LogP) is 1.53. The summed E-state index contributed by atoms with van der Waals surface area (Å²) >= 11 is 0. The van der Waals surface area contributed by atoms with E-state index in [0.717, 1.165) is 25.8 Å². The normalized spacial score (nSPS) is 30.5. The highest BCUT2D eigenvalue weighted by Gasteiger charge is 2.43. The molecule has 142 valence electrons. The molecule has 2 heterocycles. The summed E-state index contributed by atoms with van der Waals surface area (Å²) in [6.45, 7) is 5.51. The first-order valence-electron chi connectivity index (χ1n) is 9.32. The van der Waals surface area contributed by atoms with Crippen LogP contribution in [0.2, 0.25) is 0 Å². The molecule has 2 fully saturated rings. The maximum atomic E-state index is 13.5. The Hall–Kier alpha value is -2.01. The van der Waals surface area contributed by atoms with Crippen LogP contribution in [-0.2, 0) is 11.3 Å². The Balaban J connectivity index is 1.50. The number of halogens is 1. The number of nitriles is 1. The summed E-state index contributed by atoms with van der Waals surface area (Å²) in [4.78, 5) is 13.8. The number of nitrogens with one attached hydrogen (secondary N) is 1. The molecular formula is C18H27FN6O. The molecule has 0 spiro atoms. The minimum Gasteiger partial charge on any atom is -0.323 e. The zero-order valence-electron chi connectivity index (χ0n) is 15.4. The van der Waals surface area contributed by atoms with Crippen LogP contribution < -0.4 is 5.32 Å². The smallest absolute Gasteiger partial charge is 0.237 e. The van der Waals surface area contributed by atoms with Gasteiger partial charge in [0.05, 0.1) is 25.4 Å². The van der Waals surface area contributed by atoms with Gasteiger partial charge >= 0.3 is 0 Å². The quantitative estimate of drug-likeness (QED) is 0.829. The van der Waals surface area contributed by atoms with E-state index in [1.807, 2.05) is 16.9 Å². The van der Waals surface area contributed by atoms with Crippen LogP contribution in [0.4, 0.5) is 4.39 Å². The lowest BCUT2D eigenvalue weighted by Gasteiger charge is -2.34. The first-order chi connectivity index (χ1) is 12.4. The molecule has 0 bridgehead atoms. The Morgan fingerprint density at radius 1 is 1.46 bits per heavy atom. The second-order valence-electron chi connectivity index (χ2n) is 8.01. The van der Waals surface area contributed by atoms with Gasteiger partial charge in [0.15, 0.2) is 0 Å². The number of nitrogens with zero attached hydrogens (tertiary/aromatic N) is 5. The molecule has 26 heavy (non-hydrogen) atoms. The monoisotopic (exact) mass is 362 g/mol. The zero-order valence-corrected chi connectivity index (χ0v) is 15.4. The van der Waals surface area contributed by atoms with Gasteiger partial charge in [-0.2, -0.15) is 5.26 Å². The Kier molecular flexibility index (Phi) is 5.56. The van der Waals surface area contributed by atoms with Gasteiger partial charge in [-0.3, -0.25) is 9.48 Å². The number of amides is 1. The highest BCUT2D eigenvalue weighted by Crippen LogP contribution is 2.44. The second-order valence-corrected chi connectivity index (χ2v) is 8.01. The van der Waals surface area contributed by atoms with Crippen molar-refractivity contribution in [2.45, 2.75) is 64.3 Å². The summed E-state index contributed by atoms with van der Waals surface area (Å²) < 4.78 is 15.4. The van der Waals surface area contributed by atoms with Crippen molar-refractivity contribution in [3.8, 4) is 6.07 Å². The minimum absolute atomic E-state index is 0.0350. The lowest BCUT2D eigenvalue weighted by molar-refractivity contribution is -0.130. The average molecular weight is 362 g/mol. The maximum absolute atomic E-state index is 13.5. The summed E-state index contributed by atoms with van der Waals surface area (Å²) in [7, 11) is 0. The molecule has 8 heteroatoms. The number of carbonyl (C=O) groups is 1. The first-order valence-corrected chi connectivity index (χ1v) is 9.32. The lowest BCUT2D eigenvalue weighted by atomic mass is 9.77. The van der Waals surface area contributed by atoms with Crippen molar-refractivity contribution in [1.82, 2.24) is 25.2 Å². The third kappa shape index (κ3) is 3.88. The molecule has 0 radical (unpaired) electrons. The molecule has 1 aromatic heterocycles. The van der Waals surface area contributed by atoms with Crippen molar-refractivity contribution in [3.05, 3.63) is 12.4 Å². The van der Waals surface area contributed by atoms with E-state index >= 15 is 0 Å². The molecule has 2 aliphatic rings. The standard InChI is InChI=1S/C18H27FN6O/c1-18(2)13(5-7-24-8-6-22-23-24)3-4-16(18)21-11-17(26)25-12-14(19)9-15(25)10-20/h6,8,13-16,21H,3-5,7,9,11-12H2,1-2H3/t13-,14+,15+,16-/m1/s1. The third-order valence-electron chi connectivity index (χ3n) is 6.15. The van der Waals surface area contributed by atoms with Gasteiger partial charge in [-0.05, 0) is 30.6 Å². The summed E-state index contributed by atoms with van der Waals surface area (Å²) in [6, 6.07) is 1.63. The van der Waals surface area contributed by atoms with Crippen molar-refractivity contribution in [2.24, 2.45) is 11.3 Å². The van der Waals surface area contributed by atoms with E-state index < -0.39 is 12.2 Å². The number of alkyl halides is 1. The minimum atomic E-state index is -1.09. The van der Waals surface area contributed by atoms with Gasteiger partial charge in [-0.15, -0.1) is 5.10 Å². The van der Waals surface area contributed by atoms with Gasteiger partial charge in [0, 0.05) is 25.2 Å². The average Bonchev–Trinajstić information content (AvgIpc) is 3.30. The third-order valence-corrected chi connectivity index (χ3v) is 6.15. The number of aryl methyl sites for hydroxylation is 1. The molecule has 4 atom stereocenters. The Bertz CT molecular complexity index is 655. The van der Waals surface area contributed by atoms with Crippen molar-refractivity contribution in [2.75, 3.05) is 13.1 Å². The lowest BCUT2D eigenvalue weighted by Crippen LogP contribution is -2.47. The van der Waals surface area contributed by atoms with Gasteiger partial charge in [0.1, 0.15) is 12.2 Å². The maximum Gasteiger partial charge on any atom is 0.237 e. The largest absolute Gasteiger partial charge is 0.323 e. The fourth-order valence-corrected chi connectivity index (χ4v) is 4.41. The Morgan fingerprint density at radius 2 is 2.27 bits per heavy atom. The Morgan fingerprint density at radius 3 is 2.96 bits per heavy atom. The summed E-state index contributed by atoms with van der Waals surface area (Å²) in [6.07, 6.45) is 5.73. The van der Waals surface area contributed by atoms with Gasteiger partial charge < -0.3 is 10.2 Å². The molecule has 7 nitrogen and oxygen atoms in total. The van der Waals surface area contributed by atoms with E-state index in [-0.39, 0.29) is 36.9 Å². The molecule has 1 aliphatic carbocycles. The number of rotatable bonds is 6. The number of hydrogen-bond donors (Lipinski definition) is 1. The number of hydrogen-bond acceptors (Lipinski definition) is 5. The summed E-state index contributed by atoms with van der Waals surface area (Å²) in [5.41, 5.74) is 0.0587. The molecule has 0 unspecified atom stereocenters. The molecule has 1 amide bonds. The predicted molar refractivity (Wildman–Crippen MR) is 93.6 cm³/mol. The van der Waals surface area contributed by atoms with Crippen molar-refractivity contribution < 1.29 is 9.18 Å². The van der Waals surface area contributed by atoms with Crippen LogP contribution in [0.3, 0.4) is 0 Å². The van der Waals surface area contributed by atoms with Crippen molar-refractivity contribution in [3.63, 3.8) is 0 Å². The van der Waals surface area contributed by atoms with E-state index in [0.29, 0.717) is 5.92 Å². The first kappa shape index (κ1) is 18.8. The second kappa shape index (κ2) is 7.70. The summed E-state index contributed by atoms with van der Waals surface area (Å²) in [5.74, 6) is 0.353. The summed E-state index contributed by atoms with van der Waals surface area (Å²) in [5, 5.41) is 20.3. The van der Waals surface area contributed by atoms with Crippen LogP contribution in [0.1, 0.15) is 39.5 Å². The van der Waals surface area contributed by atoms with Crippen LogP contribution in [0.15, 0.2) is 12.4 Å². The van der Waals surface area contributed by atoms with Gasteiger partial charge in [-0.1, -0.05) is 19.1 Å². The number of likely N-dealkylation sites (tertiary alicyclic amines) is 1. The molecule has 1 saturated carbocycles. The number of aromatic nitrogens is 3. The van der Waals surface area contributed by atoms with E-state index in [9.17, 15) is 9.18 Å². The van der Waals surface area contributed by atoms with Gasteiger partial charge in [0.25, 0.3) is 0 Å². The number of carbonyl (C=O) groups excluding carboxylic acids is 1. The molecule has 1 saturated heterocycles. The molecule has 1 aromatic rings. The zero-order chi connectivity index (χ0) is 18.7. The Labute approximate surface area is 153 Å². The van der Waals surface area contributed by atoms with E-state index in [4.69, 9.17) is 5.26 Å². The van der Waals surface area contributed by atoms with Crippen molar-refractivity contribution in [1.29, 1.82) is 5.26 Å². The fourth-order valence-electron chi connectivity index (χ4n) is 4.41. The topological polar surface area (TPSA) is 86.8 Å². The fraction of sp³-hybridized carbons (Fsp3) is 0.778. The van der Waals surface area contributed by atoms with Gasteiger partial charge in [0.2, 0.25) is 5.91 Å². The van der Waals surface area contributed by atoms with Crippen molar-refractivity contribution >= 4 is 5.91 Å². The van der Waals surface area contributed by atoms with Crippen LogP contribution in [0.25, 0.3) is 0 Å². The van der Waals surface area contributed by atoms with E-state index in [1.165, 1.54) is 4.90 Å². The van der Waals surface area contributed by atoms with E-state index in [2.05, 4.69) is 29.5 Å². The van der Waals surface area contributed by atoms with Crippen LogP contribution in [-0.4, -0.2) is 57.1 Å². The highest BCUT2D eigenvalue weighted by molar-refractivity contribution is 5.79. The molecule has 0 aromatic carbocycles. The SMILES string of the molecule is CC1(C)[C@@H](CCn2ccnn2)CC[C@H]1NCC(=O)N1C[C@@H](F)C[C@H]1C#N. The molecule has 3 rings (SSSR count). The van der Waals surface area contributed by atoms with Crippen LogP contribution in [0.5, 0.6) is 0 Å². The van der Waals surface area contributed by atoms with E-state index in [1.54, 1.807) is 6.20 Å². The van der Waals surface area contributed by atoms with Crippen LogP contribution in [0, 0.1) is 22.7 Å². The molecule has 1 aliphatic heterocycles. The molecule has 1 N–H and O–H groups in total. The van der Waals surface area contributed by atoms with Crippen LogP contribution >= 0.6 is 0 Å². The molecular weight excluding hydrogens is 335 g/mol.